The topological polar surface area (TPSA) is 64.1 Å². The predicted octanol–water partition coefficient (Wildman–Crippen LogP) is 2.65. The first kappa shape index (κ1) is 13.3. The average molecular weight is 268 g/mol. The van der Waals surface area contributed by atoms with E-state index in [-0.39, 0.29) is 18.7 Å². The fraction of sp³-hybridized carbons (Fsp3) is 0.462. The molecule has 18 heavy (non-hydrogen) atoms. The van der Waals surface area contributed by atoms with Crippen LogP contribution in [0.25, 0.3) is 11.0 Å². The number of aliphatic hydroxyl groups excluding tert-OH is 1. The Kier molecular flexibility index (Phi) is 3.90. The van der Waals surface area contributed by atoms with Gasteiger partial charge >= 0.3 is 0 Å². The number of hydrogen-bond donors (Lipinski definition) is 2. The lowest BCUT2D eigenvalue weighted by molar-refractivity contribution is 0.273. The molecule has 1 aromatic heterocycles. The normalized spacial score (nSPS) is 13.4. The van der Waals surface area contributed by atoms with Gasteiger partial charge in [0.2, 0.25) is 0 Å². The Bertz CT molecular complexity index is 550. The minimum Gasteiger partial charge on any atom is -0.396 e. The third-order valence-electron chi connectivity index (χ3n) is 2.98. The van der Waals surface area contributed by atoms with Crippen LogP contribution in [0.5, 0.6) is 0 Å². The van der Waals surface area contributed by atoms with Crippen molar-refractivity contribution < 1.29 is 5.11 Å². The lowest BCUT2D eigenvalue weighted by atomic mass is 10.2. The van der Waals surface area contributed by atoms with Crippen molar-refractivity contribution in [3.8, 4) is 0 Å². The van der Waals surface area contributed by atoms with Gasteiger partial charge in [0.05, 0.1) is 22.1 Å². The molecule has 2 rings (SSSR count). The number of nitrogens with two attached hydrogens (primary N) is 1. The Balaban J connectivity index is 2.66. The number of rotatable bonds is 4. The van der Waals surface area contributed by atoms with Gasteiger partial charge in [-0.05, 0) is 32.4 Å². The van der Waals surface area contributed by atoms with Gasteiger partial charge in [0.15, 0.2) is 0 Å². The summed E-state index contributed by atoms with van der Waals surface area (Å²) >= 11 is 6.25. The van der Waals surface area contributed by atoms with Crippen LogP contribution in [-0.4, -0.2) is 21.3 Å². The van der Waals surface area contributed by atoms with Crippen LogP contribution in [-0.2, 0) is 0 Å². The summed E-state index contributed by atoms with van der Waals surface area (Å²) in [5.41, 5.74) is 7.83. The molecule has 0 saturated carbocycles. The second-order valence-electron chi connectivity index (χ2n) is 4.66. The van der Waals surface area contributed by atoms with E-state index in [0.29, 0.717) is 11.4 Å². The molecule has 0 fully saturated rings. The Morgan fingerprint density at radius 2 is 2.17 bits per heavy atom. The molecule has 4 nitrogen and oxygen atoms in total. The number of hydrogen-bond acceptors (Lipinski definition) is 3. The SMILES string of the molecule is CC(C)n1c(C(N)CCO)nc2cccc(Cl)c21. The van der Waals surface area contributed by atoms with E-state index < -0.39 is 0 Å². The minimum absolute atomic E-state index is 0.0518. The number of imidazole rings is 1. The maximum absolute atomic E-state index is 9.01. The van der Waals surface area contributed by atoms with E-state index in [2.05, 4.69) is 23.4 Å². The maximum Gasteiger partial charge on any atom is 0.127 e. The quantitative estimate of drug-likeness (QED) is 0.895. The van der Waals surface area contributed by atoms with Gasteiger partial charge in [-0.1, -0.05) is 17.7 Å². The van der Waals surface area contributed by atoms with E-state index in [0.717, 1.165) is 16.9 Å². The first-order valence-electron chi connectivity index (χ1n) is 6.09. The second kappa shape index (κ2) is 5.26. The number of halogens is 1. The molecular formula is C13H18ClN3O. The number of aromatic nitrogens is 2. The molecule has 1 atom stereocenters. The van der Waals surface area contributed by atoms with Gasteiger partial charge in [0.25, 0.3) is 0 Å². The second-order valence-corrected chi connectivity index (χ2v) is 5.07. The largest absolute Gasteiger partial charge is 0.396 e. The highest BCUT2D eigenvalue weighted by Crippen LogP contribution is 2.30. The van der Waals surface area contributed by atoms with Crippen molar-refractivity contribution in [3.05, 3.63) is 29.0 Å². The molecule has 0 amide bonds. The first-order chi connectivity index (χ1) is 8.56. The van der Waals surface area contributed by atoms with Crippen LogP contribution in [0, 0.1) is 0 Å². The molecule has 2 aromatic rings. The number of nitrogens with zero attached hydrogens (tertiary/aromatic N) is 2. The van der Waals surface area contributed by atoms with Crippen LogP contribution in [0.1, 0.15) is 38.2 Å². The highest BCUT2D eigenvalue weighted by Gasteiger charge is 2.19. The summed E-state index contributed by atoms with van der Waals surface area (Å²) in [4.78, 5) is 4.56. The Hall–Kier alpha value is -1.10. The van der Waals surface area contributed by atoms with Crippen LogP contribution in [0.2, 0.25) is 5.02 Å². The monoisotopic (exact) mass is 267 g/mol. The van der Waals surface area contributed by atoms with E-state index in [1.165, 1.54) is 0 Å². The molecule has 5 heteroatoms. The number of aliphatic hydroxyl groups is 1. The van der Waals surface area contributed by atoms with Gasteiger partial charge in [-0.15, -0.1) is 0 Å². The molecule has 0 spiro atoms. The zero-order valence-electron chi connectivity index (χ0n) is 10.6. The molecule has 1 aromatic carbocycles. The van der Waals surface area contributed by atoms with E-state index in [9.17, 15) is 0 Å². The molecule has 0 bridgehead atoms. The fourth-order valence-electron chi connectivity index (χ4n) is 2.18. The molecule has 98 valence electrons. The van der Waals surface area contributed by atoms with Gasteiger partial charge in [0.1, 0.15) is 5.82 Å². The van der Waals surface area contributed by atoms with E-state index in [4.69, 9.17) is 22.4 Å². The fourth-order valence-corrected chi connectivity index (χ4v) is 2.44. The van der Waals surface area contributed by atoms with Crippen molar-refractivity contribution >= 4 is 22.6 Å². The zero-order valence-corrected chi connectivity index (χ0v) is 11.4. The summed E-state index contributed by atoms with van der Waals surface area (Å²) < 4.78 is 2.05. The molecule has 1 heterocycles. The van der Waals surface area contributed by atoms with Gasteiger partial charge < -0.3 is 15.4 Å². The van der Waals surface area contributed by atoms with Crippen molar-refractivity contribution in [2.24, 2.45) is 5.73 Å². The molecular weight excluding hydrogens is 250 g/mol. The van der Waals surface area contributed by atoms with E-state index >= 15 is 0 Å². The third kappa shape index (κ3) is 2.23. The van der Waals surface area contributed by atoms with Crippen molar-refractivity contribution in [2.45, 2.75) is 32.4 Å². The zero-order chi connectivity index (χ0) is 13.3. The number of benzene rings is 1. The minimum atomic E-state index is -0.277. The molecule has 0 aliphatic carbocycles. The Labute approximate surface area is 111 Å². The van der Waals surface area contributed by atoms with Crippen LogP contribution in [0.3, 0.4) is 0 Å². The van der Waals surface area contributed by atoms with Crippen molar-refractivity contribution in [2.75, 3.05) is 6.61 Å². The molecule has 0 aliphatic rings. The molecule has 3 N–H and O–H groups in total. The summed E-state index contributed by atoms with van der Waals surface area (Å²) in [5, 5.41) is 9.69. The van der Waals surface area contributed by atoms with Gasteiger partial charge in [0, 0.05) is 12.6 Å². The summed E-state index contributed by atoms with van der Waals surface area (Å²) in [6.07, 6.45) is 0.494. The van der Waals surface area contributed by atoms with Crippen molar-refractivity contribution in [1.82, 2.24) is 9.55 Å². The number of fused-ring (bicyclic) bond motifs is 1. The molecule has 1 unspecified atom stereocenters. The number of para-hydroxylation sites is 1. The highest BCUT2D eigenvalue weighted by atomic mass is 35.5. The van der Waals surface area contributed by atoms with Gasteiger partial charge in [-0.3, -0.25) is 0 Å². The van der Waals surface area contributed by atoms with Crippen molar-refractivity contribution in [3.63, 3.8) is 0 Å². The Morgan fingerprint density at radius 1 is 1.44 bits per heavy atom. The maximum atomic E-state index is 9.01. The average Bonchev–Trinajstić information content (AvgIpc) is 2.70. The van der Waals surface area contributed by atoms with Crippen LogP contribution in [0.15, 0.2) is 18.2 Å². The van der Waals surface area contributed by atoms with E-state index in [1.54, 1.807) is 0 Å². The molecule has 0 aliphatic heterocycles. The van der Waals surface area contributed by atoms with Crippen LogP contribution < -0.4 is 5.73 Å². The molecule has 0 radical (unpaired) electrons. The smallest absolute Gasteiger partial charge is 0.127 e. The lowest BCUT2D eigenvalue weighted by Crippen LogP contribution is -2.19. The summed E-state index contributed by atoms with van der Waals surface area (Å²) in [5.74, 6) is 0.780. The third-order valence-corrected chi connectivity index (χ3v) is 3.28. The summed E-state index contributed by atoms with van der Waals surface area (Å²) in [6, 6.07) is 5.60. The Morgan fingerprint density at radius 3 is 2.78 bits per heavy atom. The van der Waals surface area contributed by atoms with Crippen LogP contribution in [0.4, 0.5) is 0 Å². The standard InChI is InChI=1S/C13H18ClN3O/c1-8(2)17-12-9(14)4-3-5-11(12)16-13(17)10(15)6-7-18/h3-5,8,10,18H,6-7,15H2,1-2H3. The summed E-state index contributed by atoms with van der Waals surface area (Å²) in [7, 11) is 0. The molecule has 0 saturated heterocycles. The predicted molar refractivity (Wildman–Crippen MR) is 73.8 cm³/mol. The summed E-state index contributed by atoms with van der Waals surface area (Å²) in [6.45, 7) is 4.19. The van der Waals surface area contributed by atoms with Gasteiger partial charge in [-0.25, -0.2) is 4.98 Å². The van der Waals surface area contributed by atoms with Crippen LogP contribution >= 0.6 is 11.6 Å². The highest BCUT2D eigenvalue weighted by molar-refractivity contribution is 6.35. The van der Waals surface area contributed by atoms with Gasteiger partial charge in [-0.2, -0.15) is 0 Å². The van der Waals surface area contributed by atoms with Crippen molar-refractivity contribution in [1.29, 1.82) is 0 Å². The first-order valence-corrected chi connectivity index (χ1v) is 6.46. The van der Waals surface area contributed by atoms with E-state index in [1.807, 2.05) is 18.2 Å². The lowest BCUT2D eigenvalue weighted by Gasteiger charge is -2.17.